The maximum Gasteiger partial charge on any atom is 0.181 e. The number of rotatable bonds is 3. The first-order valence-corrected chi connectivity index (χ1v) is 7.66. The van der Waals surface area contributed by atoms with Gasteiger partial charge in [0.05, 0.1) is 6.33 Å². The molecule has 1 aliphatic carbocycles. The van der Waals surface area contributed by atoms with Gasteiger partial charge in [0.2, 0.25) is 0 Å². The monoisotopic (exact) mass is 293 g/mol. The molecular formula is C17H19N5. The molecule has 1 fully saturated rings. The van der Waals surface area contributed by atoms with Crippen molar-refractivity contribution in [3.05, 3.63) is 54.4 Å². The molecule has 2 aromatic heterocycles. The summed E-state index contributed by atoms with van der Waals surface area (Å²) in [5.41, 5.74) is 2.33. The molecule has 0 bridgehead atoms. The molecule has 4 rings (SSSR count). The number of hydrogen-bond donors (Lipinski definition) is 0. The lowest BCUT2D eigenvalue weighted by molar-refractivity contribution is 0.251. The predicted octanol–water partition coefficient (Wildman–Crippen LogP) is 3.11. The molecule has 3 aromatic rings. The molecule has 5 heteroatoms. The molecule has 0 spiro atoms. The topological polar surface area (TPSA) is 48.5 Å². The first kappa shape index (κ1) is 13.2. The second-order valence-electron chi connectivity index (χ2n) is 6.12. The summed E-state index contributed by atoms with van der Waals surface area (Å²) in [5.74, 6) is 2.40. The average Bonchev–Trinajstić information content (AvgIpc) is 3.09. The van der Waals surface area contributed by atoms with Crippen LogP contribution in [0.2, 0.25) is 0 Å². The SMILES string of the molecule is Cc1ccc(-c2nc(C3CC(n4ccnc4)C3)n(C)n2)cc1. The second kappa shape index (κ2) is 5.09. The molecule has 1 saturated carbocycles. The van der Waals surface area contributed by atoms with E-state index in [1.807, 2.05) is 30.5 Å². The molecule has 0 radical (unpaired) electrons. The van der Waals surface area contributed by atoms with Crippen LogP contribution in [0.15, 0.2) is 43.0 Å². The van der Waals surface area contributed by atoms with Crippen LogP contribution < -0.4 is 0 Å². The fourth-order valence-electron chi connectivity index (χ4n) is 3.10. The molecule has 2 heterocycles. The van der Waals surface area contributed by atoms with E-state index in [1.165, 1.54) is 5.56 Å². The minimum Gasteiger partial charge on any atom is -0.334 e. The minimum atomic E-state index is 0.490. The Labute approximate surface area is 129 Å². The summed E-state index contributed by atoms with van der Waals surface area (Å²) in [5, 5.41) is 4.59. The zero-order chi connectivity index (χ0) is 15.1. The summed E-state index contributed by atoms with van der Waals surface area (Å²) >= 11 is 0. The van der Waals surface area contributed by atoms with Gasteiger partial charge in [-0.15, -0.1) is 0 Å². The maximum absolute atomic E-state index is 4.77. The Morgan fingerprint density at radius 3 is 2.59 bits per heavy atom. The van der Waals surface area contributed by atoms with E-state index in [0.717, 1.165) is 30.1 Å². The third-order valence-electron chi connectivity index (χ3n) is 4.53. The number of aryl methyl sites for hydroxylation is 2. The molecule has 22 heavy (non-hydrogen) atoms. The highest BCUT2D eigenvalue weighted by Crippen LogP contribution is 2.44. The van der Waals surface area contributed by atoms with Gasteiger partial charge in [0.25, 0.3) is 0 Å². The van der Waals surface area contributed by atoms with Gasteiger partial charge in [-0.25, -0.2) is 9.97 Å². The van der Waals surface area contributed by atoms with Crippen molar-refractivity contribution in [2.24, 2.45) is 7.05 Å². The zero-order valence-corrected chi connectivity index (χ0v) is 12.8. The molecule has 0 N–H and O–H groups in total. The number of imidazole rings is 1. The quantitative estimate of drug-likeness (QED) is 0.745. The van der Waals surface area contributed by atoms with E-state index in [1.54, 1.807) is 0 Å². The normalized spacial score (nSPS) is 20.8. The van der Waals surface area contributed by atoms with Crippen LogP contribution in [0, 0.1) is 6.92 Å². The predicted molar refractivity (Wildman–Crippen MR) is 84.4 cm³/mol. The minimum absolute atomic E-state index is 0.490. The van der Waals surface area contributed by atoms with Crippen molar-refractivity contribution in [1.82, 2.24) is 24.3 Å². The highest BCUT2D eigenvalue weighted by molar-refractivity contribution is 5.55. The summed E-state index contributed by atoms with van der Waals surface area (Å²) in [7, 11) is 1.99. The van der Waals surface area contributed by atoms with Crippen LogP contribution >= 0.6 is 0 Å². The van der Waals surface area contributed by atoms with Gasteiger partial charge in [-0.2, -0.15) is 5.10 Å². The van der Waals surface area contributed by atoms with Crippen LogP contribution in [0.1, 0.15) is 36.2 Å². The summed E-state index contributed by atoms with van der Waals surface area (Å²) in [6, 6.07) is 8.92. The Kier molecular flexibility index (Phi) is 3.06. The highest BCUT2D eigenvalue weighted by Gasteiger charge is 2.34. The lowest BCUT2D eigenvalue weighted by Gasteiger charge is -2.35. The Morgan fingerprint density at radius 1 is 1.14 bits per heavy atom. The van der Waals surface area contributed by atoms with Crippen molar-refractivity contribution < 1.29 is 0 Å². The molecule has 0 unspecified atom stereocenters. The van der Waals surface area contributed by atoms with E-state index >= 15 is 0 Å². The summed E-state index contributed by atoms with van der Waals surface area (Å²) in [6.45, 7) is 2.09. The highest BCUT2D eigenvalue weighted by atomic mass is 15.3. The molecule has 1 aromatic carbocycles. The molecule has 0 aliphatic heterocycles. The smallest absolute Gasteiger partial charge is 0.181 e. The number of nitrogens with zero attached hydrogens (tertiary/aromatic N) is 5. The summed E-state index contributed by atoms with van der Waals surface area (Å²) in [4.78, 5) is 8.90. The van der Waals surface area contributed by atoms with Crippen molar-refractivity contribution in [2.45, 2.75) is 31.7 Å². The molecular weight excluding hydrogens is 274 g/mol. The van der Waals surface area contributed by atoms with E-state index in [9.17, 15) is 0 Å². The third-order valence-corrected chi connectivity index (χ3v) is 4.53. The maximum atomic E-state index is 4.77. The van der Waals surface area contributed by atoms with Crippen LogP contribution in [-0.2, 0) is 7.05 Å². The van der Waals surface area contributed by atoms with Crippen LogP contribution in [0.4, 0.5) is 0 Å². The Morgan fingerprint density at radius 2 is 1.91 bits per heavy atom. The molecule has 0 amide bonds. The van der Waals surface area contributed by atoms with Crippen molar-refractivity contribution in [3.63, 3.8) is 0 Å². The van der Waals surface area contributed by atoms with Gasteiger partial charge in [-0.05, 0) is 19.8 Å². The van der Waals surface area contributed by atoms with Crippen LogP contribution in [0.5, 0.6) is 0 Å². The number of aromatic nitrogens is 5. The van der Waals surface area contributed by atoms with Gasteiger partial charge in [-0.3, -0.25) is 4.68 Å². The van der Waals surface area contributed by atoms with Crippen LogP contribution in [0.25, 0.3) is 11.4 Å². The van der Waals surface area contributed by atoms with Gasteiger partial charge in [0.1, 0.15) is 5.82 Å². The first-order chi connectivity index (χ1) is 10.7. The number of hydrogen-bond acceptors (Lipinski definition) is 3. The van der Waals surface area contributed by atoms with Crippen molar-refractivity contribution >= 4 is 0 Å². The molecule has 112 valence electrons. The fourth-order valence-corrected chi connectivity index (χ4v) is 3.10. The van der Waals surface area contributed by atoms with E-state index in [0.29, 0.717) is 12.0 Å². The van der Waals surface area contributed by atoms with Crippen LogP contribution in [-0.4, -0.2) is 24.3 Å². The van der Waals surface area contributed by atoms with E-state index in [2.05, 4.69) is 45.8 Å². The lowest BCUT2D eigenvalue weighted by Crippen LogP contribution is -2.26. The molecule has 5 nitrogen and oxygen atoms in total. The van der Waals surface area contributed by atoms with Crippen LogP contribution in [0.3, 0.4) is 0 Å². The van der Waals surface area contributed by atoms with Gasteiger partial charge in [0, 0.05) is 37.0 Å². The third kappa shape index (κ3) is 2.22. The fraction of sp³-hybridized carbons (Fsp3) is 0.353. The van der Waals surface area contributed by atoms with Gasteiger partial charge >= 0.3 is 0 Å². The largest absolute Gasteiger partial charge is 0.334 e. The van der Waals surface area contributed by atoms with E-state index in [-0.39, 0.29) is 0 Å². The van der Waals surface area contributed by atoms with Crippen molar-refractivity contribution in [2.75, 3.05) is 0 Å². The van der Waals surface area contributed by atoms with E-state index < -0.39 is 0 Å². The molecule has 1 aliphatic rings. The number of benzene rings is 1. The Hall–Kier alpha value is -2.43. The summed E-state index contributed by atoms with van der Waals surface area (Å²) in [6.07, 6.45) is 7.99. The zero-order valence-electron chi connectivity index (χ0n) is 12.8. The van der Waals surface area contributed by atoms with E-state index in [4.69, 9.17) is 4.98 Å². The second-order valence-corrected chi connectivity index (χ2v) is 6.12. The summed E-state index contributed by atoms with van der Waals surface area (Å²) < 4.78 is 4.12. The molecule has 0 atom stereocenters. The standard InChI is InChI=1S/C17H19N5/c1-12-3-5-13(6-4-12)16-19-17(21(2)20-16)14-9-15(10-14)22-8-7-18-11-22/h3-8,11,14-15H,9-10H2,1-2H3. The first-order valence-electron chi connectivity index (χ1n) is 7.66. The van der Waals surface area contributed by atoms with Crippen molar-refractivity contribution in [3.8, 4) is 11.4 Å². The molecule has 0 saturated heterocycles. The van der Waals surface area contributed by atoms with Gasteiger partial charge in [0.15, 0.2) is 5.82 Å². The van der Waals surface area contributed by atoms with Gasteiger partial charge in [-0.1, -0.05) is 29.8 Å². The van der Waals surface area contributed by atoms with Gasteiger partial charge < -0.3 is 4.57 Å². The Bertz CT molecular complexity index is 764. The average molecular weight is 293 g/mol. The van der Waals surface area contributed by atoms with Crippen molar-refractivity contribution in [1.29, 1.82) is 0 Å². The lowest BCUT2D eigenvalue weighted by atomic mass is 9.79. The Balaban J connectivity index is 1.53.